The second-order valence-corrected chi connectivity index (χ2v) is 8.70. The van der Waals surface area contributed by atoms with Gasteiger partial charge in [0.2, 0.25) is 17.7 Å². The lowest BCUT2D eigenvalue weighted by Gasteiger charge is -2.23. The quantitative estimate of drug-likeness (QED) is 0.554. The van der Waals surface area contributed by atoms with Gasteiger partial charge in [0.05, 0.1) is 47.9 Å². The number of carbonyl (C=O) groups excluding carboxylic acids is 3. The van der Waals surface area contributed by atoms with Crippen LogP contribution in [-0.4, -0.2) is 42.1 Å². The molecular weight excluding hydrogens is 384 g/mol. The van der Waals surface area contributed by atoms with Crippen LogP contribution in [0, 0.1) is 23.7 Å². The van der Waals surface area contributed by atoms with Gasteiger partial charge < -0.3 is 9.47 Å². The Hall–Kier alpha value is -3.03. The van der Waals surface area contributed by atoms with Crippen LogP contribution in [0.5, 0.6) is 0 Å². The average molecular weight is 402 g/mol. The molecule has 6 aliphatic rings. The topological polar surface area (TPSA) is 76.2 Å². The van der Waals surface area contributed by atoms with Crippen LogP contribution in [0.1, 0.15) is 0 Å². The Labute approximate surface area is 172 Å². The van der Waals surface area contributed by atoms with Crippen molar-refractivity contribution in [2.75, 3.05) is 9.80 Å². The Balaban J connectivity index is 1.18. The number of hydrogen-bond acceptors (Lipinski definition) is 5. The molecule has 4 bridgehead atoms. The van der Waals surface area contributed by atoms with Gasteiger partial charge >= 0.3 is 0 Å². The lowest BCUT2D eigenvalue weighted by Crippen LogP contribution is -2.34. The third-order valence-electron chi connectivity index (χ3n) is 7.35. The third kappa shape index (κ3) is 1.81. The number of amides is 3. The summed E-state index contributed by atoms with van der Waals surface area (Å²) in [6.07, 6.45) is 6.81. The molecule has 0 spiro atoms. The van der Waals surface area contributed by atoms with Gasteiger partial charge in [0.1, 0.15) is 0 Å². The van der Waals surface area contributed by atoms with Crippen LogP contribution in [0.25, 0.3) is 0 Å². The fourth-order valence-corrected chi connectivity index (χ4v) is 6.04. The van der Waals surface area contributed by atoms with E-state index >= 15 is 0 Å². The van der Waals surface area contributed by atoms with Gasteiger partial charge in [-0.1, -0.05) is 30.9 Å². The summed E-state index contributed by atoms with van der Waals surface area (Å²) < 4.78 is 11.5. The average Bonchev–Trinajstić information content (AvgIpc) is 3.56. The molecule has 1 aromatic carbocycles. The molecule has 8 unspecified atom stereocenters. The largest absolute Gasteiger partial charge is 0.365 e. The maximum absolute atomic E-state index is 13.1. The second kappa shape index (κ2) is 5.36. The molecule has 0 aromatic heterocycles. The van der Waals surface area contributed by atoms with E-state index in [0.29, 0.717) is 11.4 Å². The van der Waals surface area contributed by atoms with E-state index in [4.69, 9.17) is 9.47 Å². The van der Waals surface area contributed by atoms with Crippen molar-refractivity contribution in [1.29, 1.82) is 0 Å². The molecule has 150 valence electrons. The summed E-state index contributed by atoms with van der Waals surface area (Å²) in [5.41, 5.74) is 1.94. The van der Waals surface area contributed by atoms with Crippen molar-refractivity contribution in [2.24, 2.45) is 23.7 Å². The first-order valence-electron chi connectivity index (χ1n) is 10.2. The normalized spacial score (nSPS) is 42.3. The molecule has 3 amide bonds. The molecule has 0 radical (unpaired) electrons. The summed E-state index contributed by atoms with van der Waals surface area (Å²) in [5.74, 6) is -1.58. The van der Waals surface area contributed by atoms with Gasteiger partial charge in [-0.25, -0.2) is 4.90 Å². The van der Waals surface area contributed by atoms with Gasteiger partial charge in [-0.15, -0.1) is 0 Å². The van der Waals surface area contributed by atoms with Crippen LogP contribution in [0.4, 0.5) is 11.4 Å². The molecule has 30 heavy (non-hydrogen) atoms. The van der Waals surface area contributed by atoms with E-state index in [0.717, 1.165) is 5.70 Å². The summed E-state index contributed by atoms with van der Waals surface area (Å²) in [4.78, 5) is 41.8. The van der Waals surface area contributed by atoms with E-state index in [9.17, 15) is 14.4 Å². The van der Waals surface area contributed by atoms with Crippen molar-refractivity contribution in [3.8, 4) is 0 Å². The molecule has 4 fully saturated rings. The minimum atomic E-state index is -0.436. The Morgan fingerprint density at radius 3 is 1.43 bits per heavy atom. The first-order chi connectivity index (χ1) is 14.5. The number of fused-ring (bicyclic) bond motifs is 10. The van der Waals surface area contributed by atoms with E-state index in [-0.39, 0.29) is 54.0 Å². The van der Waals surface area contributed by atoms with Crippen LogP contribution in [-0.2, 0) is 23.9 Å². The highest BCUT2D eigenvalue weighted by Crippen LogP contribution is 2.51. The van der Waals surface area contributed by atoms with E-state index in [1.807, 2.05) is 24.3 Å². The first-order valence-corrected chi connectivity index (χ1v) is 10.2. The number of anilines is 2. The zero-order valence-electron chi connectivity index (χ0n) is 15.9. The molecule has 7 rings (SSSR count). The Morgan fingerprint density at radius 1 is 0.600 bits per heavy atom. The van der Waals surface area contributed by atoms with E-state index in [2.05, 4.69) is 6.58 Å². The van der Waals surface area contributed by atoms with Crippen molar-refractivity contribution in [1.82, 2.24) is 0 Å². The van der Waals surface area contributed by atoms with Crippen molar-refractivity contribution in [3.63, 3.8) is 0 Å². The summed E-state index contributed by atoms with van der Waals surface area (Å²) >= 11 is 0. The number of ether oxygens (including phenoxy) is 2. The van der Waals surface area contributed by atoms with Gasteiger partial charge in [0.25, 0.3) is 0 Å². The summed E-state index contributed by atoms with van der Waals surface area (Å²) in [6.45, 7) is 4.16. The number of imide groups is 1. The Morgan fingerprint density at radius 2 is 0.967 bits per heavy atom. The van der Waals surface area contributed by atoms with Gasteiger partial charge in [-0.05, 0) is 24.3 Å². The van der Waals surface area contributed by atoms with Crippen molar-refractivity contribution < 1.29 is 23.9 Å². The standard InChI is InChI=1S/C23H18N2O5/c1-10-17-13-6-7-14(29-13)18(17)21(26)24(10)11-2-4-12(5-3-11)25-22(27)19-15-8-9-16(30-15)20(19)23(25)28/h2-9,13-20H,1H2. The lowest BCUT2D eigenvalue weighted by molar-refractivity contribution is -0.125. The molecule has 7 nitrogen and oxygen atoms in total. The van der Waals surface area contributed by atoms with Gasteiger partial charge in [-0.2, -0.15) is 0 Å². The molecular formula is C23H18N2O5. The van der Waals surface area contributed by atoms with Crippen LogP contribution < -0.4 is 9.80 Å². The highest BCUT2D eigenvalue weighted by molar-refractivity contribution is 6.23. The minimum Gasteiger partial charge on any atom is -0.365 e. The van der Waals surface area contributed by atoms with Crippen LogP contribution >= 0.6 is 0 Å². The van der Waals surface area contributed by atoms with Crippen LogP contribution in [0.15, 0.2) is 60.8 Å². The molecule has 6 heterocycles. The summed E-state index contributed by atoms with van der Waals surface area (Å²) in [7, 11) is 0. The summed E-state index contributed by atoms with van der Waals surface area (Å²) in [6, 6.07) is 6.99. The van der Waals surface area contributed by atoms with Gasteiger partial charge in [0.15, 0.2) is 0 Å². The number of rotatable bonds is 2. The predicted molar refractivity (Wildman–Crippen MR) is 105 cm³/mol. The SMILES string of the molecule is C=C1C2C3C=CC(O3)C2C(=O)N1c1ccc(N2C(=O)C3C4C=CC(O4)C3C2=O)cc1. The van der Waals surface area contributed by atoms with E-state index in [1.54, 1.807) is 29.2 Å². The highest BCUT2D eigenvalue weighted by atomic mass is 16.5. The number of hydrogen-bond donors (Lipinski definition) is 0. The third-order valence-corrected chi connectivity index (χ3v) is 7.35. The Kier molecular flexibility index (Phi) is 2.99. The fraction of sp³-hybridized carbons (Fsp3) is 0.348. The number of nitrogens with zero attached hydrogens (tertiary/aromatic N) is 2. The smallest absolute Gasteiger partial charge is 0.240 e. The fourth-order valence-electron chi connectivity index (χ4n) is 6.04. The van der Waals surface area contributed by atoms with Gasteiger partial charge in [0, 0.05) is 17.3 Å². The van der Waals surface area contributed by atoms with E-state index < -0.39 is 11.8 Å². The molecule has 0 saturated carbocycles. The molecule has 8 atom stereocenters. The molecule has 1 aromatic rings. The zero-order valence-corrected chi connectivity index (χ0v) is 15.9. The number of carbonyl (C=O) groups is 3. The maximum atomic E-state index is 13.1. The van der Waals surface area contributed by atoms with Crippen molar-refractivity contribution in [2.45, 2.75) is 24.4 Å². The summed E-state index contributed by atoms with van der Waals surface area (Å²) in [5, 5.41) is 0. The zero-order chi connectivity index (χ0) is 20.3. The molecule has 7 heteroatoms. The van der Waals surface area contributed by atoms with Crippen LogP contribution in [0.2, 0.25) is 0 Å². The number of benzene rings is 1. The van der Waals surface area contributed by atoms with Crippen molar-refractivity contribution in [3.05, 3.63) is 60.8 Å². The van der Waals surface area contributed by atoms with Gasteiger partial charge in [-0.3, -0.25) is 19.3 Å². The molecule has 0 aliphatic carbocycles. The second-order valence-electron chi connectivity index (χ2n) is 8.70. The van der Waals surface area contributed by atoms with E-state index in [1.165, 1.54) is 4.90 Å². The van der Waals surface area contributed by atoms with Crippen molar-refractivity contribution >= 4 is 29.1 Å². The van der Waals surface area contributed by atoms with Crippen LogP contribution in [0.3, 0.4) is 0 Å². The Bertz CT molecular complexity index is 958. The minimum absolute atomic E-state index is 0.0164. The predicted octanol–water partition coefficient (Wildman–Crippen LogP) is 1.56. The maximum Gasteiger partial charge on any atom is 0.240 e. The molecule has 0 N–H and O–H groups in total. The monoisotopic (exact) mass is 402 g/mol. The molecule has 6 aliphatic heterocycles. The molecule has 4 saturated heterocycles. The highest BCUT2D eigenvalue weighted by Gasteiger charge is 2.61. The lowest BCUT2D eigenvalue weighted by atomic mass is 9.84. The first kappa shape index (κ1) is 16.7.